The van der Waals surface area contributed by atoms with Gasteiger partial charge in [0.2, 0.25) is 11.8 Å². The fourth-order valence-electron chi connectivity index (χ4n) is 4.24. The summed E-state index contributed by atoms with van der Waals surface area (Å²) in [6.07, 6.45) is 4.62. The van der Waals surface area contributed by atoms with Crippen molar-refractivity contribution in [2.45, 2.75) is 51.6 Å². The number of esters is 1. The van der Waals surface area contributed by atoms with Gasteiger partial charge in [0.15, 0.2) is 0 Å². The lowest BCUT2D eigenvalue weighted by atomic mass is 9.96. The van der Waals surface area contributed by atoms with E-state index in [1.807, 2.05) is 60.7 Å². The second-order valence-corrected chi connectivity index (χ2v) is 10.3. The van der Waals surface area contributed by atoms with Crippen LogP contribution in [0.2, 0.25) is 0 Å². The zero-order valence-electron chi connectivity index (χ0n) is 23.2. The first-order valence-corrected chi connectivity index (χ1v) is 13.4. The molecule has 210 valence electrons. The van der Waals surface area contributed by atoms with Crippen molar-refractivity contribution in [1.29, 1.82) is 0 Å². The Kier molecular flexibility index (Phi) is 13.2. The second kappa shape index (κ2) is 16.3. The summed E-state index contributed by atoms with van der Waals surface area (Å²) in [6, 6.07) is 19.2. The van der Waals surface area contributed by atoms with Crippen LogP contribution < -0.4 is 5.32 Å². The van der Waals surface area contributed by atoms with E-state index in [2.05, 4.69) is 18.5 Å². The summed E-state index contributed by atoms with van der Waals surface area (Å²) >= 11 is 0. The summed E-state index contributed by atoms with van der Waals surface area (Å²) in [4.78, 5) is 40.8. The first-order valence-electron chi connectivity index (χ1n) is 13.4. The van der Waals surface area contributed by atoms with Crippen LogP contribution in [0.1, 0.15) is 44.2 Å². The average Bonchev–Trinajstić information content (AvgIpc) is 2.92. The predicted molar refractivity (Wildman–Crippen MR) is 153 cm³/mol. The molecule has 2 N–H and O–H groups in total. The summed E-state index contributed by atoms with van der Waals surface area (Å²) in [5.41, 5.74) is 1.12. The molecule has 7 nitrogen and oxygen atoms in total. The SMILES string of the molecule is C=CC[C@H](CC(=O)N(CCO)Cc1ccccc1)C(=O)NC(C)(C)COC(=O)[C@@H](CC=C)Cc1ccccc1. The van der Waals surface area contributed by atoms with Crippen molar-refractivity contribution in [2.24, 2.45) is 11.8 Å². The van der Waals surface area contributed by atoms with Crippen molar-refractivity contribution in [3.05, 3.63) is 97.1 Å². The van der Waals surface area contributed by atoms with Gasteiger partial charge >= 0.3 is 5.97 Å². The average molecular weight is 535 g/mol. The Morgan fingerprint density at radius 2 is 1.51 bits per heavy atom. The van der Waals surface area contributed by atoms with Gasteiger partial charge in [-0.3, -0.25) is 14.4 Å². The number of carbonyl (C=O) groups is 3. The van der Waals surface area contributed by atoms with Gasteiger partial charge in [-0.2, -0.15) is 0 Å². The molecule has 0 unspecified atom stereocenters. The molecule has 0 aliphatic carbocycles. The van der Waals surface area contributed by atoms with Gasteiger partial charge in [-0.25, -0.2) is 0 Å². The molecule has 2 aromatic carbocycles. The third kappa shape index (κ3) is 11.3. The summed E-state index contributed by atoms with van der Waals surface area (Å²) in [6.45, 7) is 11.4. The molecule has 0 saturated heterocycles. The predicted octanol–water partition coefficient (Wildman–Crippen LogP) is 4.46. The molecule has 7 heteroatoms. The normalized spacial score (nSPS) is 12.6. The fourth-order valence-corrected chi connectivity index (χ4v) is 4.24. The largest absolute Gasteiger partial charge is 0.463 e. The number of nitrogens with zero attached hydrogens (tertiary/aromatic N) is 1. The van der Waals surface area contributed by atoms with E-state index < -0.39 is 11.5 Å². The highest BCUT2D eigenvalue weighted by atomic mass is 16.5. The van der Waals surface area contributed by atoms with E-state index in [1.165, 1.54) is 0 Å². The van der Waals surface area contributed by atoms with Crippen molar-refractivity contribution in [3.8, 4) is 0 Å². The number of aliphatic hydroxyl groups is 1. The van der Waals surface area contributed by atoms with Crippen LogP contribution in [0.3, 0.4) is 0 Å². The number of hydrogen-bond donors (Lipinski definition) is 2. The highest BCUT2D eigenvalue weighted by Crippen LogP contribution is 2.18. The zero-order chi connectivity index (χ0) is 28.7. The highest BCUT2D eigenvalue weighted by molar-refractivity contribution is 5.86. The Labute approximate surface area is 232 Å². The van der Waals surface area contributed by atoms with Crippen LogP contribution in [0.5, 0.6) is 0 Å². The van der Waals surface area contributed by atoms with E-state index in [9.17, 15) is 19.5 Å². The minimum atomic E-state index is -0.852. The van der Waals surface area contributed by atoms with Gasteiger partial charge in [-0.15, -0.1) is 13.2 Å². The van der Waals surface area contributed by atoms with Gasteiger partial charge in [-0.1, -0.05) is 72.8 Å². The fraction of sp³-hybridized carbons (Fsp3) is 0.406. The topological polar surface area (TPSA) is 95.9 Å². The molecule has 2 amide bonds. The van der Waals surface area contributed by atoms with Crippen molar-refractivity contribution in [2.75, 3.05) is 19.8 Å². The van der Waals surface area contributed by atoms with Crippen molar-refractivity contribution in [1.82, 2.24) is 10.2 Å². The van der Waals surface area contributed by atoms with Gasteiger partial charge in [-0.05, 0) is 44.2 Å². The van der Waals surface area contributed by atoms with Gasteiger partial charge < -0.3 is 20.1 Å². The molecule has 2 rings (SSSR count). The number of carbonyl (C=O) groups excluding carboxylic acids is 3. The molecule has 0 heterocycles. The van der Waals surface area contributed by atoms with Crippen LogP contribution in [-0.2, 0) is 32.1 Å². The first-order chi connectivity index (χ1) is 18.7. The molecule has 0 spiro atoms. The smallest absolute Gasteiger partial charge is 0.309 e. The van der Waals surface area contributed by atoms with Crippen LogP contribution in [0.4, 0.5) is 0 Å². The maximum absolute atomic E-state index is 13.2. The number of aliphatic hydroxyl groups excluding tert-OH is 1. The lowest BCUT2D eigenvalue weighted by Crippen LogP contribution is -2.50. The van der Waals surface area contributed by atoms with E-state index in [-0.39, 0.29) is 49.9 Å². The van der Waals surface area contributed by atoms with Crippen molar-refractivity contribution >= 4 is 17.8 Å². The van der Waals surface area contributed by atoms with Gasteiger partial charge in [0.25, 0.3) is 0 Å². The van der Waals surface area contributed by atoms with Crippen molar-refractivity contribution < 1.29 is 24.2 Å². The number of rotatable bonds is 17. The van der Waals surface area contributed by atoms with Gasteiger partial charge in [0, 0.05) is 19.5 Å². The number of hydrogen-bond acceptors (Lipinski definition) is 5. The first kappa shape index (κ1) is 31.5. The lowest BCUT2D eigenvalue weighted by Gasteiger charge is -2.30. The molecule has 0 aliphatic rings. The summed E-state index contributed by atoms with van der Waals surface area (Å²) in [5.74, 6) is -1.91. The number of benzene rings is 2. The van der Waals surface area contributed by atoms with Gasteiger partial charge in [0.05, 0.1) is 24.0 Å². The minimum Gasteiger partial charge on any atom is -0.463 e. The molecule has 0 radical (unpaired) electrons. The van der Waals surface area contributed by atoms with E-state index in [1.54, 1.807) is 30.9 Å². The van der Waals surface area contributed by atoms with Crippen LogP contribution in [0.25, 0.3) is 0 Å². The molecular formula is C32H42N2O5. The Balaban J connectivity index is 1.98. The Bertz CT molecular complexity index is 1070. The molecule has 2 atom stereocenters. The lowest BCUT2D eigenvalue weighted by molar-refractivity contribution is -0.151. The zero-order valence-corrected chi connectivity index (χ0v) is 23.2. The molecule has 0 aromatic heterocycles. The second-order valence-electron chi connectivity index (χ2n) is 10.3. The summed E-state index contributed by atoms with van der Waals surface area (Å²) in [5, 5.41) is 12.4. The molecule has 0 saturated carbocycles. The quantitative estimate of drug-likeness (QED) is 0.231. The Hall–Kier alpha value is -3.71. The monoisotopic (exact) mass is 534 g/mol. The molecule has 0 bridgehead atoms. The Morgan fingerprint density at radius 1 is 0.949 bits per heavy atom. The van der Waals surface area contributed by atoms with Crippen LogP contribution in [0, 0.1) is 11.8 Å². The third-order valence-electron chi connectivity index (χ3n) is 6.33. The molecule has 0 fully saturated rings. The number of allylic oxidation sites excluding steroid dienone is 2. The molecule has 2 aromatic rings. The number of nitrogens with one attached hydrogen (secondary N) is 1. The third-order valence-corrected chi connectivity index (χ3v) is 6.33. The van der Waals surface area contributed by atoms with E-state index in [0.29, 0.717) is 25.8 Å². The summed E-state index contributed by atoms with van der Waals surface area (Å²) in [7, 11) is 0. The molecule has 0 aliphatic heterocycles. The maximum Gasteiger partial charge on any atom is 0.309 e. The Morgan fingerprint density at radius 3 is 2.08 bits per heavy atom. The van der Waals surface area contributed by atoms with Gasteiger partial charge in [0.1, 0.15) is 6.61 Å². The van der Waals surface area contributed by atoms with E-state index in [4.69, 9.17) is 4.74 Å². The molecular weight excluding hydrogens is 492 g/mol. The summed E-state index contributed by atoms with van der Waals surface area (Å²) < 4.78 is 5.63. The van der Waals surface area contributed by atoms with Crippen LogP contribution in [-0.4, -0.2) is 53.1 Å². The number of ether oxygens (including phenoxy) is 1. The highest BCUT2D eigenvalue weighted by Gasteiger charge is 2.30. The van der Waals surface area contributed by atoms with Crippen LogP contribution in [0.15, 0.2) is 86.0 Å². The minimum absolute atomic E-state index is 0.0145. The van der Waals surface area contributed by atoms with E-state index >= 15 is 0 Å². The van der Waals surface area contributed by atoms with E-state index in [0.717, 1.165) is 11.1 Å². The van der Waals surface area contributed by atoms with Crippen LogP contribution >= 0.6 is 0 Å². The standard InChI is InChI=1S/C32H42N2O5/c1-5-13-27(22-29(36)34(19-20-35)23-26-17-11-8-12-18-26)30(37)33-32(3,4)24-39-31(38)28(14-6-2)21-25-15-9-7-10-16-25/h5-12,15-18,27-28,35H,1-2,13-14,19-24H2,3-4H3,(H,33,37)/t27-,28+/m1/s1. The maximum atomic E-state index is 13.2. The molecule has 39 heavy (non-hydrogen) atoms. The van der Waals surface area contributed by atoms with Crippen molar-refractivity contribution in [3.63, 3.8) is 0 Å². The number of amides is 2.